The largest absolute Gasteiger partial charge is 0.461 e. The molecule has 0 amide bonds. The number of aromatic nitrogens is 4. The van der Waals surface area contributed by atoms with Gasteiger partial charge in [-0.15, -0.1) is 0 Å². The first-order valence-corrected chi connectivity index (χ1v) is 5.98. The van der Waals surface area contributed by atoms with Crippen molar-refractivity contribution in [3.8, 4) is 0 Å². The van der Waals surface area contributed by atoms with Crippen LogP contribution in [0, 0.1) is 6.92 Å². The zero-order valence-electron chi connectivity index (χ0n) is 10.6. The zero-order chi connectivity index (χ0) is 13.4. The molecular formula is C13H12N4O2. The minimum absolute atomic E-state index is 0.317. The molecule has 0 N–H and O–H groups in total. The van der Waals surface area contributed by atoms with E-state index in [1.54, 1.807) is 26.2 Å². The first kappa shape index (κ1) is 11.6. The number of rotatable bonds is 2. The third kappa shape index (κ3) is 1.72. The number of pyridine rings is 1. The average Bonchev–Trinajstić information content (AvgIpc) is 2.75. The van der Waals surface area contributed by atoms with Crippen LogP contribution >= 0.6 is 0 Å². The van der Waals surface area contributed by atoms with Gasteiger partial charge in [-0.2, -0.15) is 5.10 Å². The van der Waals surface area contributed by atoms with E-state index in [9.17, 15) is 4.79 Å². The first-order chi connectivity index (χ1) is 9.22. The van der Waals surface area contributed by atoms with Gasteiger partial charge in [0.15, 0.2) is 11.3 Å². The molecular weight excluding hydrogens is 244 g/mol. The van der Waals surface area contributed by atoms with Crippen molar-refractivity contribution in [3.63, 3.8) is 0 Å². The van der Waals surface area contributed by atoms with Crippen molar-refractivity contribution in [2.45, 2.75) is 13.8 Å². The maximum Gasteiger partial charge on any atom is 0.358 e. The Morgan fingerprint density at radius 2 is 2.32 bits per heavy atom. The number of fused-ring (bicyclic) bond motifs is 3. The Balaban J connectivity index is 2.33. The molecule has 0 unspecified atom stereocenters. The predicted octanol–water partition coefficient (Wildman–Crippen LogP) is 1.76. The molecule has 0 aliphatic carbocycles. The van der Waals surface area contributed by atoms with Gasteiger partial charge in [0, 0.05) is 11.6 Å². The first-order valence-electron chi connectivity index (χ1n) is 5.98. The molecule has 96 valence electrons. The minimum atomic E-state index is -0.421. The van der Waals surface area contributed by atoms with Crippen molar-refractivity contribution in [1.82, 2.24) is 19.6 Å². The second-order valence-electron chi connectivity index (χ2n) is 4.09. The number of aryl methyl sites for hydroxylation is 1. The van der Waals surface area contributed by atoms with E-state index in [2.05, 4.69) is 15.1 Å². The van der Waals surface area contributed by atoms with E-state index < -0.39 is 5.97 Å². The minimum Gasteiger partial charge on any atom is -0.461 e. The van der Waals surface area contributed by atoms with Gasteiger partial charge in [0.25, 0.3) is 0 Å². The van der Waals surface area contributed by atoms with Gasteiger partial charge < -0.3 is 4.74 Å². The fourth-order valence-electron chi connectivity index (χ4n) is 2.05. The summed E-state index contributed by atoms with van der Waals surface area (Å²) < 4.78 is 6.52. The Hall–Kier alpha value is -2.50. The summed E-state index contributed by atoms with van der Waals surface area (Å²) in [7, 11) is 0. The number of carbonyl (C=O) groups is 1. The Morgan fingerprint density at radius 3 is 3.11 bits per heavy atom. The van der Waals surface area contributed by atoms with Gasteiger partial charge in [-0.1, -0.05) is 0 Å². The fourth-order valence-corrected chi connectivity index (χ4v) is 2.05. The van der Waals surface area contributed by atoms with E-state index in [1.807, 2.05) is 12.1 Å². The molecule has 6 nitrogen and oxygen atoms in total. The maximum absolute atomic E-state index is 11.9. The highest BCUT2D eigenvalue weighted by Crippen LogP contribution is 2.19. The summed E-state index contributed by atoms with van der Waals surface area (Å²) >= 11 is 0. The molecule has 3 aromatic heterocycles. The molecule has 3 rings (SSSR count). The van der Waals surface area contributed by atoms with E-state index in [1.165, 1.54) is 4.52 Å². The molecule has 0 aromatic carbocycles. The van der Waals surface area contributed by atoms with Gasteiger partial charge in [0.1, 0.15) is 5.52 Å². The quantitative estimate of drug-likeness (QED) is 0.653. The van der Waals surface area contributed by atoms with Crippen LogP contribution in [-0.4, -0.2) is 32.2 Å². The molecule has 0 aliphatic heterocycles. The second-order valence-corrected chi connectivity index (χ2v) is 4.09. The Morgan fingerprint density at radius 1 is 1.47 bits per heavy atom. The lowest BCUT2D eigenvalue weighted by molar-refractivity contribution is 0.0516. The molecule has 0 atom stereocenters. The number of esters is 1. The van der Waals surface area contributed by atoms with Crippen LogP contribution in [0.25, 0.3) is 16.6 Å². The molecule has 0 aliphatic rings. The van der Waals surface area contributed by atoms with Crippen LogP contribution in [0.2, 0.25) is 0 Å². The van der Waals surface area contributed by atoms with Crippen LogP contribution in [0.4, 0.5) is 0 Å². The zero-order valence-corrected chi connectivity index (χ0v) is 10.6. The molecule has 3 heterocycles. The van der Waals surface area contributed by atoms with E-state index in [-0.39, 0.29) is 0 Å². The van der Waals surface area contributed by atoms with E-state index in [0.29, 0.717) is 23.6 Å². The summed E-state index contributed by atoms with van der Waals surface area (Å²) in [4.78, 5) is 20.6. The lowest BCUT2D eigenvalue weighted by Crippen LogP contribution is -2.11. The maximum atomic E-state index is 11.9. The van der Waals surface area contributed by atoms with Crippen LogP contribution < -0.4 is 0 Å². The number of ether oxygens (including phenoxy) is 1. The van der Waals surface area contributed by atoms with E-state index >= 15 is 0 Å². The molecule has 0 saturated carbocycles. The van der Waals surface area contributed by atoms with Crippen LogP contribution in [0.1, 0.15) is 23.1 Å². The second kappa shape index (κ2) is 4.31. The third-order valence-electron chi connectivity index (χ3n) is 2.86. The number of hydrogen-bond acceptors (Lipinski definition) is 5. The van der Waals surface area contributed by atoms with Crippen molar-refractivity contribution in [2.75, 3.05) is 6.61 Å². The lowest BCUT2D eigenvalue weighted by Gasteiger charge is -2.02. The van der Waals surface area contributed by atoms with Crippen LogP contribution in [-0.2, 0) is 4.74 Å². The average molecular weight is 256 g/mol. The van der Waals surface area contributed by atoms with Gasteiger partial charge in [0.05, 0.1) is 18.5 Å². The molecule has 6 heteroatoms. The summed E-state index contributed by atoms with van der Waals surface area (Å²) in [5, 5.41) is 5.13. The van der Waals surface area contributed by atoms with Crippen molar-refractivity contribution in [1.29, 1.82) is 0 Å². The van der Waals surface area contributed by atoms with Gasteiger partial charge in [-0.3, -0.25) is 4.98 Å². The highest BCUT2D eigenvalue weighted by molar-refractivity contribution is 5.94. The Bertz CT molecular complexity index is 779. The number of hydrogen-bond donors (Lipinski definition) is 0. The van der Waals surface area contributed by atoms with Crippen LogP contribution in [0.3, 0.4) is 0 Å². The SMILES string of the molecule is CCOC(=O)c1c(C)nc2c3ncccc3cnn12. The highest BCUT2D eigenvalue weighted by atomic mass is 16.5. The standard InChI is InChI=1S/C13H12N4O2/c1-3-19-13(18)11-8(2)16-12-10-9(5-4-6-14-10)7-15-17(11)12/h4-7H,3H2,1-2H3. The topological polar surface area (TPSA) is 69.4 Å². The molecule has 0 spiro atoms. The molecule has 0 bridgehead atoms. The number of imidazole rings is 1. The molecule has 0 saturated heterocycles. The van der Waals surface area contributed by atoms with Crippen LogP contribution in [0.15, 0.2) is 24.5 Å². The summed E-state index contributed by atoms with van der Waals surface area (Å²) in [6.45, 7) is 3.84. The molecule has 0 radical (unpaired) electrons. The Kier molecular flexibility index (Phi) is 2.63. The van der Waals surface area contributed by atoms with Gasteiger partial charge >= 0.3 is 5.97 Å². The van der Waals surface area contributed by atoms with E-state index in [0.717, 1.165) is 10.9 Å². The smallest absolute Gasteiger partial charge is 0.358 e. The fraction of sp³-hybridized carbons (Fsp3) is 0.231. The summed E-state index contributed by atoms with van der Waals surface area (Å²) in [5.41, 5.74) is 2.23. The van der Waals surface area contributed by atoms with Crippen molar-refractivity contribution < 1.29 is 9.53 Å². The van der Waals surface area contributed by atoms with Crippen molar-refractivity contribution in [3.05, 3.63) is 35.9 Å². The van der Waals surface area contributed by atoms with Gasteiger partial charge in [-0.25, -0.2) is 14.3 Å². The number of carbonyl (C=O) groups excluding carboxylic acids is 1. The summed E-state index contributed by atoms with van der Waals surface area (Å²) in [6.07, 6.45) is 3.36. The lowest BCUT2D eigenvalue weighted by atomic mass is 10.3. The van der Waals surface area contributed by atoms with Crippen molar-refractivity contribution in [2.24, 2.45) is 0 Å². The van der Waals surface area contributed by atoms with Crippen LogP contribution in [0.5, 0.6) is 0 Å². The third-order valence-corrected chi connectivity index (χ3v) is 2.86. The highest BCUT2D eigenvalue weighted by Gasteiger charge is 2.20. The van der Waals surface area contributed by atoms with E-state index in [4.69, 9.17) is 4.74 Å². The monoisotopic (exact) mass is 256 g/mol. The summed E-state index contributed by atoms with van der Waals surface area (Å²) in [6, 6.07) is 3.74. The van der Waals surface area contributed by atoms with Gasteiger partial charge in [-0.05, 0) is 26.0 Å². The number of nitrogens with zero attached hydrogens (tertiary/aromatic N) is 4. The van der Waals surface area contributed by atoms with Gasteiger partial charge in [0.2, 0.25) is 0 Å². The predicted molar refractivity (Wildman–Crippen MR) is 69.0 cm³/mol. The summed E-state index contributed by atoms with van der Waals surface area (Å²) in [5.74, 6) is -0.421. The molecule has 3 aromatic rings. The van der Waals surface area contributed by atoms with Crippen molar-refractivity contribution >= 4 is 22.5 Å². The molecule has 0 fully saturated rings. The molecule has 19 heavy (non-hydrogen) atoms. The normalized spacial score (nSPS) is 11.1. The Labute approximate surface area is 109 Å².